The van der Waals surface area contributed by atoms with E-state index in [0.29, 0.717) is 18.3 Å². The highest BCUT2D eigenvalue weighted by Crippen LogP contribution is 2.24. The van der Waals surface area contributed by atoms with Crippen LogP contribution < -0.4 is 11.3 Å². The van der Waals surface area contributed by atoms with E-state index in [9.17, 15) is 8.42 Å². The fourth-order valence-corrected chi connectivity index (χ4v) is 4.25. The van der Waals surface area contributed by atoms with E-state index in [2.05, 4.69) is 10.4 Å². The van der Waals surface area contributed by atoms with Gasteiger partial charge in [-0.15, -0.1) is 0 Å². The van der Waals surface area contributed by atoms with Crippen LogP contribution in [0.15, 0.2) is 4.99 Å². The van der Waals surface area contributed by atoms with Crippen LogP contribution in [-0.4, -0.2) is 31.8 Å². The minimum atomic E-state index is -2.86. The van der Waals surface area contributed by atoms with Gasteiger partial charge in [0.1, 0.15) is 5.84 Å². The van der Waals surface area contributed by atoms with Gasteiger partial charge in [-0.1, -0.05) is 12.8 Å². The van der Waals surface area contributed by atoms with Crippen molar-refractivity contribution >= 4 is 15.7 Å². The molecule has 6 heteroatoms. The summed E-state index contributed by atoms with van der Waals surface area (Å²) < 4.78 is 22.7. The van der Waals surface area contributed by atoms with E-state index in [4.69, 9.17) is 5.84 Å². The first kappa shape index (κ1) is 11.9. The lowest BCUT2D eigenvalue weighted by molar-refractivity contribution is 0.601. The molecule has 1 atom stereocenters. The molecule has 0 bridgehead atoms. The maximum Gasteiger partial charge on any atom is 0.151 e. The van der Waals surface area contributed by atoms with Gasteiger partial charge in [0.2, 0.25) is 0 Å². The summed E-state index contributed by atoms with van der Waals surface area (Å²) in [6.07, 6.45) is 5.29. The Morgan fingerprint density at radius 3 is 2.44 bits per heavy atom. The average molecular weight is 245 g/mol. The Morgan fingerprint density at radius 2 is 1.94 bits per heavy atom. The van der Waals surface area contributed by atoms with Crippen molar-refractivity contribution < 1.29 is 8.42 Å². The molecule has 0 aromatic rings. The quantitative estimate of drug-likeness (QED) is 0.315. The van der Waals surface area contributed by atoms with Gasteiger partial charge in [-0.2, -0.15) is 0 Å². The third-order valence-corrected chi connectivity index (χ3v) is 5.18. The second-order valence-corrected chi connectivity index (χ2v) is 6.93. The average Bonchev–Trinajstić information content (AvgIpc) is 2.83. The largest absolute Gasteiger partial charge is 0.312 e. The van der Waals surface area contributed by atoms with E-state index in [1.165, 1.54) is 12.8 Å². The highest BCUT2D eigenvalue weighted by atomic mass is 32.2. The summed E-state index contributed by atoms with van der Waals surface area (Å²) in [6.45, 7) is 0. The Hall–Kier alpha value is -0.620. The molecule has 5 nitrogen and oxygen atoms in total. The Kier molecular flexibility index (Phi) is 3.49. The highest BCUT2D eigenvalue weighted by Gasteiger charge is 2.31. The Balaban J connectivity index is 2.05. The molecule has 2 fully saturated rings. The first-order valence-electron chi connectivity index (χ1n) is 5.85. The van der Waals surface area contributed by atoms with Gasteiger partial charge in [-0.3, -0.25) is 4.99 Å². The number of nitrogens with zero attached hydrogens (tertiary/aromatic N) is 1. The van der Waals surface area contributed by atoms with Gasteiger partial charge in [-0.25, -0.2) is 14.3 Å². The van der Waals surface area contributed by atoms with Gasteiger partial charge < -0.3 is 5.43 Å². The summed E-state index contributed by atoms with van der Waals surface area (Å²) >= 11 is 0. The molecule has 16 heavy (non-hydrogen) atoms. The molecule has 1 saturated heterocycles. The molecule has 1 unspecified atom stereocenters. The van der Waals surface area contributed by atoms with Gasteiger partial charge in [0, 0.05) is 5.92 Å². The summed E-state index contributed by atoms with van der Waals surface area (Å²) in [5, 5.41) is 0. The van der Waals surface area contributed by atoms with E-state index < -0.39 is 9.84 Å². The van der Waals surface area contributed by atoms with Crippen molar-refractivity contribution in [1.82, 2.24) is 5.43 Å². The second kappa shape index (κ2) is 4.71. The van der Waals surface area contributed by atoms with Gasteiger partial charge in [0.05, 0.1) is 17.5 Å². The molecule has 2 aliphatic rings. The molecule has 1 heterocycles. The molecule has 0 amide bonds. The van der Waals surface area contributed by atoms with Gasteiger partial charge in [0.25, 0.3) is 0 Å². The van der Waals surface area contributed by atoms with Crippen molar-refractivity contribution in [2.75, 3.05) is 11.5 Å². The van der Waals surface area contributed by atoms with Crippen LogP contribution in [-0.2, 0) is 9.84 Å². The lowest BCUT2D eigenvalue weighted by atomic mass is 10.1. The smallest absolute Gasteiger partial charge is 0.151 e. The summed E-state index contributed by atoms with van der Waals surface area (Å²) in [4.78, 5) is 4.56. The summed E-state index contributed by atoms with van der Waals surface area (Å²) in [5.41, 5.74) is 2.59. The van der Waals surface area contributed by atoms with Crippen molar-refractivity contribution in [2.45, 2.75) is 38.1 Å². The summed E-state index contributed by atoms with van der Waals surface area (Å²) in [5.74, 6) is 6.58. The van der Waals surface area contributed by atoms with Gasteiger partial charge in [0.15, 0.2) is 9.84 Å². The standard InChI is InChI=1S/C10H19N3O2S/c11-13-10(12-9-3-1-2-4-9)8-5-6-16(14,15)7-8/h8-9H,1-7,11H2,(H,12,13). The molecule has 1 saturated carbocycles. The van der Waals surface area contributed by atoms with E-state index in [1.54, 1.807) is 0 Å². The number of nitrogens with two attached hydrogens (primary N) is 1. The van der Waals surface area contributed by atoms with Crippen LogP contribution in [0.25, 0.3) is 0 Å². The van der Waals surface area contributed by atoms with Gasteiger partial charge in [-0.05, 0) is 19.3 Å². The molecule has 0 spiro atoms. The number of sulfone groups is 1. The second-order valence-electron chi connectivity index (χ2n) is 4.70. The molecule has 3 N–H and O–H groups in total. The lowest BCUT2D eigenvalue weighted by Crippen LogP contribution is -2.37. The lowest BCUT2D eigenvalue weighted by Gasteiger charge is -2.13. The zero-order valence-electron chi connectivity index (χ0n) is 9.35. The minimum absolute atomic E-state index is 0.0180. The molecular weight excluding hydrogens is 226 g/mol. The van der Waals surface area contributed by atoms with E-state index >= 15 is 0 Å². The van der Waals surface area contributed by atoms with Crippen LogP contribution in [0.2, 0.25) is 0 Å². The maximum atomic E-state index is 11.4. The number of nitrogens with one attached hydrogen (secondary N) is 1. The highest BCUT2D eigenvalue weighted by molar-refractivity contribution is 7.91. The van der Waals surface area contributed by atoms with Crippen LogP contribution in [0, 0.1) is 5.92 Å². The fraction of sp³-hybridized carbons (Fsp3) is 0.900. The van der Waals surface area contributed by atoms with Crippen molar-refractivity contribution in [1.29, 1.82) is 0 Å². The molecule has 0 aromatic carbocycles. The first-order valence-corrected chi connectivity index (χ1v) is 7.67. The van der Waals surface area contributed by atoms with Crippen LogP contribution in [0.4, 0.5) is 0 Å². The van der Waals surface area contributed by atoms with Crippen LogP contribution in [0.3, 0.4) is 0 Å². The SMILES string of the molecule is NNC(=NC1CCCC1)C1CCS(=O)(=O)C1. The van der Waals surface area contributed by atoms with Crippen LogP contribution >= 0.6 is 0 Å². The molecule has 1 aliphatic heterocycles. The predicted octanol–water partition coefficient (Wildman–Crippen LogP) is 0.225. The summed E-state index contributed by atoms with van der Waals surface area (Å²) in [6, 6.07) is 0.342. The number of hydrogen-bond acceptors (Lipinski definition) is 4. The van der Waals surface area contributed by atoms with Crippen LogP contribution in [0.1, 0.15) is 32.1 Å². The molecular formula is C10H19N3O2S. The van der Waals surface area contributed by atoms with Gasteiger partial charge >= 0.3 is 0 Å². The Bertz CT molecular complexity index is 372. The number of hydrogen-bond donors (Lipinski definition) is 2. The van der Waals surface area contributed by atoms with E-state index in [0.717, 1.165) is 12.8 Å². The van der Waals surface area contributed by atoms with E-state index in [1.807, 2.05) is 0 Å². The zero-order valence-corrected chi connectivity index (χ0v) is 10.2. The van der Waals surface area contributed by atoms with Crippen molar-refractivity contribution in [3.63, 3.8) is 0 Å². The number of rotatable bonds is 2. The normalized spacial score (nSPS) is 30.8. The Labute approximate surface area is 96.4 Å². The zero-order chi connectivity index (χ0) is 11.6. The molecule has 0 radical (unpaired) electrons. The molecule has 0 aromatic heterocycles. The third-order valence-electron chi connectivity index (χ3n) is 3.41. The third kappa shape index (κ3) is 2.74. The maximum absolute atomic E-state index is 11.4. The minimum Gasteiger partial charge on any atom is -0.312 e. The molecule has 2 rings (SSSR count). The first-order chi connectivity index (χ1) is 7.61. The summed E-state index contributed by atoms with van der Waals surface area (Å²) in [7, 11) is -2.86. The molecule has 92 valence electrons. The van der Waals surface area contributed by atoms with Crippen molar-refractivity contribution in [3.05, 3.63) is 0 Å². The van der Waals surface area contributed by atoms with Crippen LogP contribution in [0.5, 0.6) is 0 Å². The number of aliphatic imine (C=N–C) groups is 1. The van der Waals surface area contributed by atoms with Crippen molar-refractivity contribution in [3.8, 4) is 0 Å². The topological polar surface area (TPSA) is 84.5 Å². The number of amidine groups is 1. The monoisotopic (exact) mass is 245 g/mol. The Morgan fingerprint density at radius 1 is 1.25 bits per heavy atom. The predicted molar refractivity (Wildman–Crippen MR) is 63.8 cm³/mol. The molecule has 1 aliphatic carbocycles. The number of hydrazine groups is 1. The fourth-order valence-electron chi connectivity index (χ4n) is 2.50. The van der Waals surface area contributed by atoms with Crippen molar-refractivity contribution in [2.24, 2.45) is 16.8 Å². The van der Waals surface area contributed by atoms with E-state index in [-0.39, 0.29) is 17.4 Å².